The van der Waals surface area contributed by atoms with Gasteiger partial charge in [-0.05, 0) is 36.3 Å². The first-order valence-electron chi connectivity index (χ1n) is 11.4. The largest absolute Gasteiger partial charge is 0.298 e. The highest BCUT2D eigenvalue weighted by atomic mass is 32.2. The maximum atomic E-state index is 4.72. The highest BCUT2D eigenvalue weighted by Gasteiger charge is 2.18. The molecule has 1 aromatic heterocycles. The van der Waals surface area contributed by atoms with Crippen molar-refractivity contribution < 1.29 is 0 Å². The summed E-state index contributed by atoms with van der Waals surface area (Å²) in [7, 11) is 0. The number of thiazole rings is 1. The van der Waals surface area contributed by atoms with Gasteiger partial charge in [-0.3, -0.25) is 4.90 Å². The van der Waals surface area contributed by atoms with E-state index >= 15 is 0 Å². The number of unbranched alkanes of at least 4 members (excludes halogenated alkanes) is 2. The predicted molar refractivity (Wildman–Crippen MR) is 129 cm³/mol. The van der Waals surface area contributed by atoms with Crippen molar-refractivity contribution >= 4 is 34.2 Å². The zero-order chi connectivity index (χ0) is 20.4. The molecule has 0 saturated heterocycles. The molecule has 0 amide bonds. The van der Waals surface area contributed by atoms with Gasteiger partial charge in [0.25, 0.3) is 0 Å². The van der Waals surface area contributed by atoms with Crippen LogP contribution in [0.25, 0.3) is 10.2 Å². The summed E-state index contributed by atoms with van der Waals surface area (Å²) in [5.74, 6) is 1.61. The smallest absolute Gasteiger partial charge is 0.148 e. The van der Waals surface area contributed by atoms with Crippen molar-refractivity contribution in [2.45, 2.75) is 89.9 Å². The molecular formula is C24H40N2S2. The molecule has 0 bridgehead atoms. The minimum absolute atomic E-state index is 0.804. The fourth-order valence-electron chi connectivity index (χ4n) is 4.13. The Labute approximate surface area is 182 Å². The molecule has 2 nitrogen and oxygen atoms in total. The molecular weight excluding hydrogens is 380 g/mol. The molecule has 2 atom stereocenters. The lowest BCUT2D eigenvalue weighted by Gasteiger charge is -2.30. The van der Waals surface area contributed by atoms with E-state index in [2.05, 4.69) is 63.4 Å². The Hall–Kier alpha value is -0.580. The number of benzene rings is 1. The molecule has 2 unspecified atom stereocenters. The van der Waals surface area contributed by atoms with Crippen LogP contribution in [0.4, 0.5) is 0 Å². The predicted octanol–water partition coefficient (Wildman–Crippen LogP) is 7.82. The first-order valence-corrected chi connectivity index (χ1v) is 12.7. The van der Waals surface area contributed by atoms with E-state index in [1.807, 2.05) is 0 Å². The topological polar surface area (TPSA) is 16.1 Å². The van der Waals surface area contributed by atoms with Gasteiger partial charge in [0.1, 0.15) is 4.34 Å². The zero-order valence-electron chi connectivity index (χ0n) is 18.4. The van der Waals surface area contributed by atoms with Gasteiger partial charge in [-0.15, -0.1) is 24.0 Å². The average molecular weight is 421 g/mol. The standard InChI is InChI=1S/C24H40N2S2/c1-5-9-12-19(7-3)16-26(17-20(8-4)13-10-6-2)18-21-14-11-15-22-23(21)25-24(27)28-22/h11,14-15,19-20H,5-10,12-13,16-18H2,1-4H3,(H,25,27). The van der Waals surface area contributed by atoms with Gasteiger partial charge in [0.15, 0.2) is 0 Å². The lowest BCUT2D eigenvalue weighted by molar-refractivity contribution is 0.174. The number of hydrogen-bond donors (Lipinski definition) is 1. The number of hydrogen-bond acceptors (Lipinski definition) is 4. The second-order valence-electron chi connectivity index (χ2n) is 8.29. The molecule has 28 heavy (non-hydrogen) atoms. The first-order chi connectivity index (χ1) is 13.6. The quantitative estimate of drug-likeness (QED) is 0.313. The molecule has 4 heteroatoms. The van der Waals surface area contributed by atoms with Crippen molar-refractivity contribution in [2.24, 2.45) is 11.8 Å². The van der Waals surface area contributed by atoms with Gasteiger partial charge in [-0.25, -0.2) is 4.98 Å². The summed E-state index contributed by atoms with van der Waals surface area (Å²) in [5, 5.41) is 0. The molecule has 0 aliphatic heterocycles. The molecule has 0 aliphatic carbocycles. The maximum absolute atomic E-state index is 4.72. The van der Waals surface area contributed by atoms with Crippen molar-refractivity contribution in [3.05, 3.63) is 23.8 Å². The lowest BCUT2D eigenvalue weighted by Crippen LogP contribution is -2.33. The fraction of sp³-hybridized carbons (Fsp3) is 0.708. The van der Waals surface area contributed by atoms with E-state index in [1.165, 1.54) is 74.7 Å². The van der Waals surface area contributed by atoms with Crippen LogP contribution in [0.1, 0.15) is 84.6 Å². The molecule has 1 heterocycles. The minimum atomic E-state index is 0.804. The highest BCUT2D eigenvalue weighted by Crippen LogP contribution is 2.28. The number of thiol groups is 1. The Kier molecular flexibility index (Phi) is 10.9. The van der Waals surface area contributed by atoms with Crippen LogP contribution >= 0.6 is 24.0 Å². The van der Waals surface area contributed by atoms with E-state index in [4.69, 9.17) is 4.98 Å². The summed E-state index contributed by atoms with van der Waals surface area (Å²) >= 11 is 6.18. The van der Waals surface area contributed by atoms with Crippen LogP contribution in [-0.2, 0) is 6.54 Å². The Morgan fingerprint density at radius 3 is 2.11 bits per heavy atom. The number of para-hydroxylation sites is 1. The summed E-state index contributed by atoms with van der Waals surface area (Å²) in [4.78, 5) is 7.46. The molecule has 158 valence electrons. The summed E-state index contributed by atoms with van der Waals surface area (Å²) in [6.07, 6.45) is 10.6. The Morgan fingerprint density at radius 1 is 0.964 bits per heavy atom. The van der Waals surface area contributed by atoms with Crippen molar-refractivity contribution in [1.29, 1.82) is 0 Å². The van der Waals surface area contributed by atoms with Gasteiger partial charge in [0, 0.05) is 19.6 Å². The third kappa shape index (κ3) is 7.35. The van der Waals surface area contributed by atoms with Crippen LogP contribution in [-0.4, -0.2) is 23.0 Å². The van der Waals surface area contributed by atoms with E-state index in [-0.39, 0.29) is 0 Å². The Balaban J connectivity index is 2.17. The van der Waals surface area contributed by atoms with Crippen LogP contribution in [0.3, 0.4) is 0 Å². The second kappa shape index (κ2) is 12.9. The SMILES string of the molecule is CCCCC(CC)CN(Cc1cccc2sc(S)nc12)CC(CC)CCCC. The fourth-order valence-corrected chi connectivity index (χ4v) is 5.28. The number of fused-ring (bicyclic) bond motifs is 1. The van der Waals surface area contributed by atoms with E-state index in [1.54, 1.807) is 11.3 Å². The third-order valence-electron chi connectivity index (χ3n) is 6.00. The van der Waals surface area contributed by atoms with Crippen molar-refractivity contribution in [3.63, 3.8) is 0 Å². The Bertz CT molecular complexity index is 664. The van der Waals surface area contributed by atoms with Gasteiger partial charge < -0.3 is 0 Å². The van der Waals surface area contributed by atoms with E-state index < -0.39 is 0 Å². The minimum Gasteiger partial charge on any atom is -0.298 e. The summed E-state index contributed by atoms with van der Waals surface area (Å²) in [6, 6.07) is 6.62. The Morgan fingerprint density at radius 2 is 1.57 bits per heavy atom. The van der Waals surface area contributed by atoms with Gasteiger partial charge >= 0.3 is 0 Å². The first kappa shape index (κ1) is 23.7. The molecule has 0 spiro atoms. The molecule has 0 N–H and O–H groups in total. The zero-order valence-corrected chi connectivity index (χ0v) is 20.1. The number of nitrogens with zero attached hydrogens (tertiary/aromatic N) is 2. The van der Waals surface area contributed by atoms with Crippen LogP contribution in [0, 0.1) is 11.8 Å². The molecule has 2 rings (SSSR count). The summed E-state index contributed by atoms with van der Waals surface area (Å²) < 4.78 is 2.14. The summed E-state index contributed by atoms with van der Waals surface area (Å²) in [5.41, 5.74) is 2.52. The highest BCUT2D eigenvalue weighted by molar-refractivity contribution is 7.82. The third-order valence-corrected chi connectivity index (χ3v) is 7.20. The monoisotopic (exact) mass is 420 g/mol. The second-order valence-corrected chi connectivity index (χ2v) is 10.0. The maximum Gasteiger partial charge on any atom is 0.148 e. The van der Waals surface area contributed by atoms with Crippen molar-refractivity contribution in [3.8, 4) is 0 Å². The van der Waals surface area contributed by atoms with Crippen LogP contribution in [0.2, 0.25) is 0 Å². The summed E-state index contributed by atoms with van der Waals surface area (Å²) in [6.45, 7) is 12.8. The molecule has 0 saturated carbocycles. The van der Waals surface area contributed by atoms with Crippen LogP contribution in [0.15, 0.2) is 22.5 Å². The van der Waals surface area contributed by atoms with Gasteiger partial charge in [0.2, 0.25) is 0 Å². The lowest BCUT2D eigenvalue weighted by atomic mass is 9.95. The normalized spacial score (nSPS) is 14.1. The molecule has 1 aromatic carbocycles. The van der Waals surface area contributed by atoms with Gasteiger partial charge in [-0.1, -0.05) is 78.4 Å². The van der Waals surface area contributed by atoms with E-state index in [0.717, 1.165) is 28.2 Å². The number of aromatic nitrogens is 1. The van der Waals surface area contributed by atoms with Crippen molar-refractivity contribution in [2.75, 3.05) is 13.1 Å². The van der Waals surface area contributed by atoms with Crippen molar-refractivity contribution in [1.82, 2.24) is 9.88 Å². The number of rotatable bonds is 14. The average Bonchev–Trinajstić information content (AvgIpc) is 3.09. The van der Waals surface area contributed by atoms with Gasteiger partial charge in [-0.2, -0.15) is 0 Å². The van der Waals surface area contributed by atoms with Crippen LogP contribution in [0.5, 0.6) is 0 Å². The molecule has 0 fully saturated rings. The molecule has 0 radical (unpaired) electrons. The van der Waals surface area contributed by atoms with Crippen LogP contribution < -0.4 is 0 Å². The molecule has 0 aliphatic rings. The van der Waals surface area contributed by atoms with Gasteiger partial charge in [0.05, 0.1) is 10.2 Å². The van der Waals surface area contributed by atoms with E-state index in [9.17, 15) is 0 Å². The van der Waals surface area contributed by atoms with E-state index in [0.29, 0.717) is 0 Å². The molecule has 2 aromatic rings.